The smallest absolute Gasteiger partial charge is 0.251 e. The lowest BCUT2D eigenvalue weighted by molar-refractivity contribution is -0.134. The summed E-state index contributed by atoms with van der Waals surface area (Å²) in [6.07, 6.45) is 8.49. The molecule has 3 rings (SSSR count). The molecule has 6 nitrogen and oxygen atoms in total. The van der Waals surface area contributed by atoms with Crippen LogP contribution in [-0.4, -0.2) is 40.4 Å². The van der Waals surface area contributed by atoms with Crippen LogP contribution in [0.25, 0.3) is 0 Å². The van der Waals surface area contributed by atoms with E-state index in [-0.39, 0.29) is 17.9 Å². The van der Waals surface area contributed by atoms with Crippen molar-refractivity contribution in [2.24, 2.45) is 5.92 Å². The number of hydrogen-bond acceptors (Lipinski definition) is 4. The molecule has 0 aromatic carbocycles. The molecular weight excluding hydrogens is 330 g/mol. The van der Waals surface area contributed by atoms with Crippen LogP contribution < -0.4 is 5.32 Å². The van der Waals surface area contributed by atoms with Gasteiger partial charge in [-0.1, -0.05) is 31.7 Å². The average Bonchev–Trinajstić information content (AvgIpc) is 3.22. The summed E-state index contributed by atoms with van der Waals surface area (Å²) in [4.78, 5) is 31.3. The van der Waals surface area contributed by atoms with Gasteiger partial charge in [-0.25, -0.2) is 4.98 Å². The Hall–Kier alpha value is -2.37. The Bertz CT molecular complexity index is 666. The van der Waals surface area contributed by atoms with E-state index in [1.807, 2.05) is 19.9 Å². The highest BCUT2D eigenvalue weighted by molar-refractivity contribution is 5.99. The largest absolute Gasteiger partial charge is 0.493 e. The third-order valence-corrected chi connectivity index (χ3v) is 4.91. The zero-order chi connectivity index (χ0) is 18.5. The molecule has 0 bridgehead atoms. The van der Waals surface area contributed by atoms with Crippen molar-refractivity contribution in [1.29, 1.82) is 0 Å². The molecule has 6 heteroatoms. The van der Waals surface area contributed by atoms with E-state index in [4.69, 9.17) is 4.74 Å². The van der Waals surface area contributed by atoms with Crippen molar-refractivity contribution in [3.63, 3.8) is 0 Å². The maximum Gasteiger partial charge on any atom is 0.251 e. The Morgan fingerprint density at radius 2 is 2.12 bits per heavy atom. The van der Waals surface area contributed by atoms with Crippen LogP contribution in [0.15, 0.2) is 36.2 Å². The quantitative estimate of drug-likeness (QED) is 0.814. The molecule has 0 saturated heterocycles. The Balaban J connectivity index is 1.73. The topological polar surface area (TPSA) is 71.5 Å². The number of anilines is 1. The predicted molar refractivity (Wildman–Crippen MR) is 99.2 cm³/mol. The molecule has 1 saturated carbocycles. The normalized spacial score (nSPS) is 19.0. The summed E-state index contributed by atoms with van der Waals surface area (Å²) >= 11 is 0. The summed E-state index contributed by atoms with van der Waals surface area (Å²) in [6.45, 7) is 4.21. The third-order valence-electron chi connectivity index (χ3n) is 4.91. The Morgan fingerprint density at radius 1 is 1.35 bits per heavy atom. The van der Waals surface area contributed by atoms with Gasteiger partial charge < -0.3 is 15.0 Å². The maximum absolute atomic E-state index is 13.0. The number of carbonyl (C=O) groups excluding carboxylic acids is 2. The molecule has 1 aliphatic heterocycles. The van der Waals surface area contributed by atoms with E-state index in [0.29, 0.717) is 30.5 Å². The molecule has 1 atom stereocenters. The van der Waals surface area contributed by atoms with Crippen molar-refractivity contribution in [3.05, 3.63) is 36.2 Å². The van der Waals surface area contributed by atoms with E-state index in [1.54, 1.807) is 23.2 Å². The molecule has 0 unspecified atom stereocenters. The number of ether oxygens (including phenoxy) is 1. The fourth-order valence-corrected chi connectivity index (χ4v) is 3.73. The molecule has 1 aliphatic carbocycles. The van der Waals surface area contributed by atoms with E-state index in [1.165, 1.54) is 18.9 Å². The van der Waals surface area contributed by atoms with Crippen LogP contribution in [0.3, 0.4) is 0 Å². The number of aromatic nitrogens is 1. The van der Waals surface area contributed by atoms with Crippen LogP contribution in [0.5, 0.6) is 0 Å². The average molecular weight is 357 g/mol. The van der Waals surface area contributed by atoms with Gasteiger partial charge >= 0.3 is 0 Å². The highest BCUT2D eigenvalue weighted by Gasteiger charge is 2.36. The van der Waals surface area contributed by atoms with Gasteiger partial charge in [0.05, 0.1) is 12.6 Å². The summed E-state index contributed by atoms with van der Waals surface area (Å²) in [7, 11) is 0. The monoisotopic (exact) mass is 357 g/mol. The first kappa shape index (κ1) is 18.4. The number of pyridine rings is 1. The standard InChI is InChI=1S/C20H27N3O3/c1-14(2)26-16-12-19(24)23(13-16)17(11-15-7-3-4-8-15)20(25)22-18-9-5-6-10-21-18/h5-6,9-10,12,14-15,17H,3-4,7-8,11,13H2,1-2H3,(H,21,22,25)/t17-/m0/s1. The van der Waals surface area contributed by atoms with E-state index in [9.17, 15) is 9.59 Å². The van der Waals surface area contributed by atoms with Crippen LogP contribution >= 0.6 is 0 Å². The first-order chi connectivity index (χ1) is 12.5. The Morgan fingerprint density at radius 3 is 2.77 bits per heavy atom. The third kappa shape index (κ3) is 4.62. The molecule has 1 N–H and O–H groups in total. The van der Waals surface area contributed by atoms with Crippen LogP contribution in [0.1, 0.15) is 46.0 Å². The van der Waals surface area contributed by atoms with Crippen LogP contribution in [-0.2, 0) is 14.3 Å². The SMILES string of the molecule is CC(C)OC1=CC(=O)N([C@@H](CC2CCCC2)C(=O)Nc2ccccn2)C1. The molecule has 2 aliphatic rings. The summed E-state index contributed by atoms with van der Waals surface area (Å²) in [5.74, 6) is 1.29. The van der Waals surface area contributed by atoms with E-state index < -0.39 is 6.04 Å². The number of rotatable bonds is 7. The summed E-state index contributed by atoms with van der Waals surface area (Å²) in [5, 5.41) is 2.86. The van der Waals surface area contributed by atoms with Crippen LogP contribution in [0.4, 0.5) is 5.82 Å². The van der Waals surface area contributed by atoms with E-state index in [0.717, 1.165) is 12.8 Å². The van der Waals surface area contributed by atoms with Gasteiger partial charge in [-0.15, -0.1) is 0 Å². The van der Waals surface area contributed by atoms with Crippen molar-refractivity contribution >= 4 is 17.6 Å². The van der Waals surface area contributed by atoms with Gasteiger partial charge in [-0.3, -0.25) is 9.59 Å². The molecular formula is C20H27N3O3. The minimum absolute atomic E-state index is 0.00428. The Kier molecular flexibility index (Phi) is 5.91. The molecule has 0 radical (unpaired) electrons. The maximum atomic E-state index is 13.0. The molecule has 2 amide bonds. The molecule has 140 valence electrons. The zero-order valence-electron chi connectivity index (χ0n) is 15.5. The van der Waals surface area contributed by atoms with Gasteiger partial charge in [0.25, 0.3) is 5.91 Å². The summed E-state index contributed by atoms with van der Waals surface area (Å²) < 4.78 is 5.68. The lowest BCUT2D eigenvalue weighted by atomic mass is 9.96. The van der Waals surface area contributed by atoms with Crippen molar-refractivity contribution in [2.45, 2.75) is 58.1 Å². The molecule has 26 heavy (non-hydrogen) atoms. The molecule has 0 spiro atoms. The van der Waals surface area contributed by atoms with E-state index in [2.05, 4.69) is 10.3 Å². The van der Waals surface area contributed by atoms with Crippen molar-refractivity contribution < 1.29 is 14.3 Å². The van der Waals surface area contributed by atoms with Gasteiger partial charge in [0, 0.05) is 12.3 Å². The van der Waals surface area contributed by atoms with Crippen molar-refractivity contribution in [1.82, 2.24) is 9.88 Å². The van der Waals surface area contributed by atoms with Crippen molar-refractivity contribution in [3.8, 4) is 0 Å². The van der Waals surface area contributed by atoms with Crippen LogP contribution in [0, 0.1) is 5.92 Å². The second-order valence-corrected chi connectivity index (χ2v) is 7.35. The van der Waals surface area contributed by atoms with Gasteiger partial charge in [0.2, 0.25) is 5.91 Å². The predicted octanol–water partition coefficient (Wildman–Crippen LogP) is 3.12. The first-order valence-corrected chi connectivity index (χ1v) is 9.42. The number of hydrogen-bond donors (Lipinski definition) is 1. The highest BCUT2D eigenvalue weighted by atomic mass is 16.5. The van der Waals surface area contributed by atoms with Crippen LogP contribution in [0.2, 0.25) is 0 Å². The molecule has 1 fully saturated rings. The van der Waals surface area contributed by atoms with Gasteiger partial charge in [0.1, 0.15) is 17.6 Å². The summed E-state index contributed by atoms with van der Waals surface area (Å²) in [6, 6.07) is 4.88. The lowest BCUT2D eigenvalue weighted by Crippen LogP contribution is -2.46. The zero-order valence-corrected chi connectivity index (χ0v) is 15.5. The number of carbonyl (C=O) groups is 2. The molecule has 1 aromatic rings. The second-order valence-electron chi connectivity index (χ2n) is 7.35. The molecule has 2 heterocycles. The highest BCUT2D eigenvalue weighted by Crippen LogP contribution is 2.31. The van der Waals surface area contributed by atoms with Gasteiger partial charge in [-0.2, -0.15) is 0 Å². The first-order valence-electron chi connectivity index (χ1n) is 9.42. The van der Waals surface area contributed by atoms with Gasteiger partial charge in [-0.05, 0) is 38.3 Å². The number of nitrogens with zero attached hydrogens (tertiary/aromatic N) is 2. The van der Waals surface area contributed by atoms with E-state index >= 15 is 0 Å². The fourth-order valence-electron chi connectivity index (χ4n) is 3.73. The second kappa shape index (κ2) is 8.34. The summed E-state index contributed by atoms with van der Waals surface area (Å²) in [5.41, 5.74) is 0. The van der Waals surface area contributed by atoms with Gasteiger partial charge in [0.15, 0.2) is 0 Å². The lowest BCUT2D eigenvalue weighted by Gasteiger charge is -2.29. The molecule has 1 aromatic heterocycles. The minimum atomic E-state index is -0.503. The number of amides is 2. The number of nitrogens with one attached hydrogen (secondary N) is 1. The fraction of sp³-hybridized carbons (Fsp3) is 0.550. The minimum Gasteiger partial charge on any atom is -0.493 e. The van der Waals surface area contributed by atoms with Crippen molar-refractivity contribution in [2.75, 3.05) is 11.9 Å². The Labute approximate surface area is 154 Å².